The van der Waals surface area contributed by atoms with Crippen LogP contribution in [0.3, 0.4) is 0 Å². The largest absolute Gasteiger partial charge is 0.427 e. The van der Waals surface area contributed by atoms with Gasteiger partial charge in [-0.3, -0.25) is 4.79 Å². The summed E-state index contributed by atoms with van der Waals surface area (Å²) < 4.78 is 10.7. The number of unbranched alkanes of at least 4 members (excludes halogenated alkanes) is 1. The molecule has 2 aromatic carbocycles. The van der Waals surface area contributed by atoms with Crippen molar-refractivity contribution in [1.29, 1.82) is 0 Å². The molecule has 0 unspecified atom stereocenters. The zero-order valence-corrected chi connectivity index (χ0v) is 18.1. The Kier molecular flexibility index (Phi) is 8.06. The highest BCUT2D eigenvalue weighted by Gasteiger charge is 2.21. The van der Waals surface area contributed by atoms with Gasteiger partial charge in [0.15, 0.2) is 0 Å². The molecule has 4 heteroatoms. The molecule has 0 atom stereocenters. The van der Waals surface area contributed by atoms with Crippen LogP contribution in [0.4, 0.5) is 0 Å². The van der Waals surface area contributed by atoms with E-state index in [0.717, 1.165) is 18.8 Å². The van der Waals surface area contributed by atoms with Crippen LogP contribution in [0.1, 0.15) is 87.1 Å². The second-order valence-electron chi connectivity index (χ2n) is 8.19. The van der Waals surface area contributed by atoms with Crippen molar-refractivity contribution in [3.63, 3.8) is 0 Å². The summed E-state index contributed by atoms with van der Waals surface area (Å²) in [4.78, 5) is 24.1. The maximum Gasteiger partial charge on any atom is 0.343 e. The van der Waals surface area contributed by atoms with Gasteiger partial charge in [0.25, 0.3) is 0 Å². The minimum atomic E-state index is -0.385. The standard InChI is InChI=1S/C26H32O4/c1-3-5-6-25(27)29-23-15-17-24(18-16-23)30-26(28)22-13-11-21(12-14-22)20-9-7-19(4-2)8-10-20/h11-20H,3-10H2,1-2H3. The molecule has 3 rings (SSSR count). The van der Waals surface area contributed by atoms with Crippen molar-refractivity contribution in [2.75, 3.05) is 0 Å². The molecule has 160 valence electrons. The van der Waals surface area contributed by atoms with Gasteiger partial charge in [0.1, 0.15) is 11.5 Å². The predicted octanol–water partition coefficient (Wildman–Crippen LogP) is 6.69. The fourth-order valence-electron chi connectivity index (χ4n) is 4.04. The summed E-state index contributed by atoms with van der Waals surface area (Å²) in [6.45, 7) is 4.31. The van der Waals surface area contributed by atoms with E-state index in [1.54, 1.807) is 24.3 Å². The van der Waals surface area contributed by atoms with E-state index in [2.05, 4.69) is 19.1 Å². The van der Waals surface area contributed by atoms with Crippen molar-refractivity contribution < 1.29 is 19.1 Å². The van der Waals surface area contributed by atoms with Crippen LogP contribution in [0.25, 0.3) is 0 Å². The molecule has 4 nitrogen and oxygen atoms in total. The topological polar surface area (TPSA) is 52.6 Å². The van der Waals surface area contributed by atoms with E-state index in [-0.39, 0.29) is 11.9 Å². The molecular weight excluding hydrogens is 376 g/mol. The first-order valence-corrected chi connectivity index (χ1v) is 11.2. The molecule has 0 bridgehead atoms. The van der Waals surface area contributed by atoms with Crippen molar-refractivity contribution in [1.82, 2.24) is 0 Å². The molecule has 30 heavy (non-hydrogen) atoms. The smallest absolute Gasteiger partial charge is 0.343 e. The van der Waals surface area contributed by atoms with Crippen LogP contribution in [0.2, 0.25) is 0 Å². The van der Waals surface area contributed by atoms with Gasteiger partial charge < -0.3 is 9.47 Å². The van der Waals surface area contributed by atoms with Gasteiger partial charge in [0.05, 0.1) is 5.56 Å². The van der Waals surface area contributed by atoms with Gasteiger partial charge in [0.2, 0.25) is 0 Å². The van der Waals surface area contributed by atoms with E-state index in [9.17, 15) is 9.59 Å². The van der Waals surface area contributed by atoms with Gasteiger partial charge in [0, 0.05) is 6.42 Å². The molecule has 1 saturated carbocycles. The lowest BCUT2D eigenvalue weighted by Gasteiger charge is -2.28. The number of esters is 2. The van der Waals surface area contributed by atoms with Crippen LogP contribution >= 0.6 is 0 Å². The van der Waals surface area contributed by atoms with E-state index in [0.29, 0.717) is 29.4 Å². The van der Waals surface area contributed by atoms with Crippen molar-refractivity contribution in [3.8, 4) is 11.5 Å². The fraction of sp³-hybridized carbons (Fsp3) is 0.462. The monoisotopic (exact) mass is 408 g/mol. The molecule has 0 radical (unpaired) electrons. The van der Waals surface area contributed by atoms with Crippen molar-refractivity contribution in [2.45, 2.75) is 71.1 Å². The van der Waals surface area contributed by atoms with Crippen LogP contribution in [0.5, 0.6) is 11.5 Å². The Labute approximate surface area is 179 Å². The molecule has 0 saturated heterocycles. The highest BCUT2D eigenvalue weighted by molar-refractivity contribution is 5.91. The molecule has 0 amide bonds. The highest BCUT2D eigenvalue weighted by atomic mass is 16.5. The molecule has 1 fully saturated rings. The summed E-state index contributed by atoms with van der Waals surface area (Å²) in [5.41, 5.74) is 1.85. The number of hydrogen-bond acceptors (Lipinski definition) is 4. The Morgan fingerprint density at radius 2 is 1.43 bits per heavy atom. The number of ether oxygens (including phenoxy) is 2. The fourth-order valence-corrected chi connectivity index (χ4v) is 4.04. The summed E-state index contributed by atoms with van der Waals surface area (Å²) in [7, 11) is 0. The van der Waals surface area contributed by atoms with Gasteiger partial charge in [-0.2, -0.15) is 0 Å². The molecular formula is C26H32O4. The quantitative estimate of drug-likeness (QED) is 0.361. The van der Waals surface area contributed by atoms with Crippen LogP contribution in [0, 0.1) is 5.92 Å². The Morgan fingerprint density at radius 3 is 2.00 bits per heavy atom. The number of hydrogen-bond donors (Lipinski definition) is 0. The third-order valence-electron chi connectivity index (χ3n) is 6.04. The van der Waals surface area contributed by atoms with E-state index in [1.807, 2.05) is 19.1 Å². The molecule has 0 spiro atoms. The molecule has 1 aliphatic rings. The van der Waals surface area contributed by atoms with Gasteiger partial charge >= 0.3 is 11.9 Å². The van der Waals surface area contributed by atoms with E-state index in [4.69, 9.17) is 9.47 Å². The minimum Gasteiger partial charge on any atom is -0.427 e. The Bertz CT molecular complexity index is 815. The average Bonchev–Trinajstić information content (AvgIpc) is 2.79. The second-order valence-corrected chi connectivity index (χ2v) is 8.19. The SMILES string of the molecule is CCCCC(=O)Oc1ccc(OC(=O)c2ccc(C3CCC(CC)CC3)cc2)cc1. The van der Waals surface area contributed by atoms with Crippen LogP contribution < -0.4 is 9.47 Å². The van der Waals surface area contributed by atoms with Crippen molar-refractivity contribution >= 4 is 11.9 Å². The second kappa shape index (κ2) is 11.0. The Balaban J connectivity index is 1.52. The summed E-state index contributed by atoms with van der Waals surface area (Å²) in [6.07, 6.45) is 8.51. The van der Waals surface area contributed by atoms with E-state index < -0.39 is 0 Å². The zero-order valence-electron chi connectivity index (χ0n) is 18.1. The molecule has 1 aliphatic carbocycles. The molecule has 0 N–H and O–H groups in total. The molecule has 0 heterocycles. The summed E-state index contributed by atoms with van der Waals surface area (Å²) in [5, 5.41) is 0. The molecule has 0 aliphatic heterocycles. The number of benzene rings is 2. The first kappa shape index (κ1) is 22.1. The molecule has 0 aromatic heterocycles. The Morgan fingerprint density at radius 1 is 0.833 bits per heavy atom. The lowest BCUT2D eigenvalue weighted by atomic mass is 9.78. The normalized spacial score (nSPS) is 18.6. The van der Waals surface area contributed by atoms with Gasteiger partial charge in [-0.1, -0.05) is 38.8 Å². The Hall–Kier alpha value is -2.62. The zero-order chi connectivity index (χ0) is 21.3. The first-order valence-electron chi connectivity index (χ1n) is 11.2. The highest BCUT2D eigenvalue weighted by Crippen LogP contribution is 2.37. The lowest BCUT2D eigenvalue weighted by molar-refractivity contribution is -0.134. The average molecular weight is 409 g/mol. The molecule has 2 aromatic rings. The van der Waals surface area contributed by atoms with Crippen LogP contribution in [-0.4, -0.2) is 11.9 Å². The maximum atomic E-state index is 12.5. The maximum absolute atomic E-state index is 12.5. The van der Waals surface area contributed by atoms with Crippen LogP contribution in [0.15, 0.2) is 48.5 Å². The predicted molar refractivity (Wildman–Crippen MR) is 118 cm³/mol. The minimum absolute atomic E-state index is 0.245. The van der Waals surface area contributed by atoms with Crippen molar-refractivity contribution in [3.05, 3.63) is 59.7 Å². The van der Waals surface area contributed by atoms with E-state index in [1.165, 1.54) is 37.7 Å². The van der Waals surface area contributed by atoms with Gasteiger partial charge in [-0.25, -0.2) is 4.79 Å². The first-order chi connectivity index (χ1) is 14.6. The van der Waals surface area contributed by atoms with Crippen LogP contribution in [-0.2, 0) is 4.79 Å². The lowest BCUT2D eigenvalue weighted by Crippen LogP contribution is -2.13. The summed E-state index contributed by atoms with van der Waals surface area (Å²) in [5.74, 6) is 1.73. The number of carbonyl (C=O) groups excluding carboxylic acids is 2. The number of rotatable bonds is 8. The summed E-state index contributed by atoms with van der Waals surface area (Å²) >= 11 is 0. The van der Waals surface area contributed by atoms with Gasteiger partial charge in [-0.15, -0.1) is 0 Å². The third-order valence-corrected chi connectivity index (χ3v) is 6.04. The summed E-state index contributed by atoms with van der Waals surface area (Å²) in [6, 6.07) is 14.4. The van der Waals surface area contributed by atoms with Gasteiger partial charge in [-0.05, 0) is 85.9 Å². The third kappa shape index (κ3) is 6.19. The number of carbonyl (C=O) groups is 2. The van der Waals surface area contributed by atoms with E-state index >= 15 is 0 Å². The van der Waals surface area contributed by atoms with Crippen molar-refractivity contribution in [2.24, 2.45) is 5.92 Å².